The van der Waals surface area contributed by atoms with Crippen LogP contribution in [0.2, 0.25) is 0 Å². The molecule has 0 saturated heterocycles. The molecule has 0 aliphatic heterocycles. The summed E-state index contributed by atoms with van der Waals surface area (Å²) in [4.78, 5) is 27.2. The summed E-state index contributed by atoms with van der Waals surface area (Å²) >= 11 is 0. The molecule has 0 aromatic carbocycles. The number of fused-ring (bicyclic) bond motifs is 6. The molecule has 0 unspecified atom stereocenters. The standard InChI is InChI=1S/C20H14N8/c1-27-15-7-13(24-8-12(15)18-19(27)23-6-5-22-18)14-9-25-17-11-3-4-21-10-16(11)28(2)20(17)26-14/h3-10H,1-2H3. The minimum atomic E-state index is 0.722. The summed E-state index contributed by atoms with van der Waals surface area (Å²) in [5.41, 5.74) is 6.85. The first-order valence-corrected chi connectivity index (χ1v) is 8.83. The van der Waals surface area contributed by atoms with Crippen LogP contribution in [0.3, 0.4) is 0 Å². The zero-order chi connectivity index (χ0) is 18.8. The van der Waals surface area contributed by atoms with Crippen molar-refractivity contribution in [3.63, 3.8) is 0 Å². The molecule has 6 aromatic heterocycles. The lowest BCUT2D eigenvalue weighted by Crippen LogP contribution is -1.95. The van der Waals surface area contributed by atoms with Gasteiger partial charge < -0.3 is 9.13 Å². The Kier molecular flexibility index (Phi) is 2.86. The number of hydrogen-bond donors (Lipinski definition) is 0. The van der Waals surface area contributed by atoms with Crippen LogP contribution in [0.15, 0.2) is 49.3 Å². The monoisotopic (exact) mass is 366 g/mol. The van der Waals surface area contributed by atoms with Gasteiger partial charge in [-0.05, 0) is 12.1 Å². The predicted octanol–water partition coefficient (Wildman–Crippen LogP) is 3.01. The first-order valence-electron chi connectivity index (χ1n) is 8.83. The van der Waals surface area contributed by atoms with Gasteiger partial charge in [-0.3, -0.25) is 15.0 Å². The molecule has 134 valence electrons. The molecule has 0 fully saturated rings. The fourth-order valence-corrected chi connectivity index (χ4v) is 3.82. The Bertz CT molecular complexity index is 1420. The van der Waals surface area contributed by atoms with Gasteiger partial charge in [-0.2, -0.15) is 0 Å². The highest BCUT2D eigenvalue weighted by atomic mass is 15.1. The van der Waals surface area contributed by atoms with Gasteiger partial charge in [0.25, 0.3) is 0 Å². The second kappa shape index (κ2) is 5.29. The maximum atomic E-state index is 4.84. The number of aromatic nitrogens is 8. The second-order valence-corrected chi connectivity index (χ2v) is 6.75. The number of hydrogen-bond acceptors (Lipinski definition) is 6. The van der Waals surface area contributed by atoms with Crippen LogP contribution in [0.4, 0.5) is 0 Å². The number of aryl methyl sites for hydroxylation is 2. The van der Waals surface area contributed by atoms with Gasteiger partial charge in [-0.25, -0.2) is 15.0 Å². The highest BCUT2D eigenvalue weighted by molar-refractivity contribution is 6.05. The Hall–Kier alpha value is -3.94. The molecule has 0 radical (unpaired) electrons. The van der Waals surface area contributed by atoms with Crippen molar-refractivity contribution in [3.05, 3.63) is 49.3 Å². The van der Waals surface area contributed by atoms with E-state index in [1.54, 1.807) is 24.8 Å². The zero-order valence-corrected chi connectivity index (χ0v) is 15.2. The quantitative estimate of drug-likeness (QED) is 0.444. The Morgan fingerprint density at radius 2 is 1.50 bits per heavy atom. The Morgan fingerprint density at radius 3 is 2.43 bits per heavy atom. The molecular weight excluding hydrogens is 352 g/mol. The van der Waals surface area contributed by atoms with Gasteiger partial charge in [-0.1, -0.05) is 0 Å². The smallest absolute Gasteiger partial charge is 0.160 e. The van der Waals surface area contributed by atoms with Crippen LogP contribution < -0.4 is 0 Å². The molecule has 0 amide bonds. The summed E-state index contributed by atoms with van der Waals surface area (Å²) in [5, 5.41) is 2.01. The molecule has 0 N–H and O–H groups in total. The number of rotatable bonds is 1. The van der Waals surface area contributed by atoms with E-state index in [0.29, 0.717) is 0 Å². The molecule has 6 heterocycles. The predicted molar refractivity (Wildman–Crippen MR) is 107 cm³/mol. The van der Waals surface area contributed by atoms with Crippen molar-refractivity contribution in [1.82, 2.24) is 39.0 Å². The molecular formula is C20H14N8. The van der Waals surface area contributed by atoms with Crippen LogP contribution in [0.25, 0.3) is 55.5 Å². The Morgan fingerprint density at radius 1 is 0.679 bits per heavy atom. The SMILES string of the molecule is Cn1c2cc(-c3cnc4c5ccncc5n(C)c4n3)ncc2c2nccnc21. The van der Waals surface area contributed by atoms with Gasteiger partial charge in [0.15, 0.2) is 11.3 Å². The minimum absolute atomic E-state index is 0.722. The van der Waals surface area contributed by atoms with Crippen LogP contribution in [-0.4, -0.2) is 39.0 Å². The van der Waals surface area contributed by atoms with E-state index >= 15 is 0 Å². The lowest BCUT2D eigenvalue weighted by molar-refractivity contribution is 0.979. The topological polar surface area (TPSA) is 87.2 Å². The lowest BCUT2D eigenvalue weighted by atomic mass is 10.2. The molecule has 0 aliphatic rings. The normalized spacial score (nSPS) is 11.9. The fourth-order valence-electron chi connectivity index (χ4n) is 3.82. The largest absolute Gasteiger partial charge is 0.327 e. The van der Waals surface area contributed by atoms with E-state index in [1.807, 2.05) is 47.8 Å². The Balaban J connectivity index is 1.61. The average Bonchev–Trinajstić information content (AvgIpc) is 3.20. The first kappa shape index (κ1) is 15.2. The summed E-state index contributed by atoms with van der Waals surface area (Å²) in [6, 6.07) is 3.98. The van der Waals surface area contributed by atoms with E-state index < -0.39 is 0 Å². The summed E-state index contributed by atoms with van der Waals surface area (Å²) < 4.78 is 4.04. The van der Waals surface area contributed by atoms with E-state index in [0.717, 1.165) is 55.5 Å². The molecule has 0 saturated carbocycles. The van der Waals surface area contributed by atoms with Crippen LogP contribution in [0.5, 0.6) is 0 Å². The third kappa shape index (κ3) is 1.88. The van der Waals surface area contributed by atoms with Crippen LogP contribution in [0.1, 0.15) is 0 Å². The minimum Gasteiger partial charge on any atom is -0.327 e. The third-order valence-electron chi connectivity index (χ3n) is 5.25. The van der Waals surface area contributed by atoms with E-state index in [-0.39, 0.29) is 0 Å². The maximum Gasteiger partial charge on any atom is 0.160 e. The molecule has 0 atom stereocenters. The Labute approximate surface area is 158 Å². The highest BCUT2D eigenvalue weighted by Gasteiger charge is 2.15. The average molecular weight is 366 g/mol. The molecule has 28 heavy (non-hydrogen) atoms. The van der Waals surface area contributed by atoms with Gasteiger partial charge in [0.2, 0.25) is 0 Å². The third-order valence-corrected chi connectivity index (χ3v) is 5.25. The van der Waals surface area contributed by atoms with E-state index in [4.69, 9.17) is 4.98 Å². The molecule has 0 aliphatic carbocycles. The van der Waals surface area contributed by atoms with Gasteiger partial charge in [0.05, 0.1) is 29.1 Å². The first-order chi connectivity index (χ1) is 13.7. The maximum absolute atomic E-state index is 4.84. The van der Waals surface area contributed by atoms with Gasteiger partial charge in [0, 0.05) is 49.7 Å². The van der Waals surface area contributed by atoms with Crippen molar-refractivity contribution in [1.29, 1.82) is 0 Å². The van der Waals surface area contributed by atoms with E-state index in [1.165, 1.54) is 0 Å². The van der Waals surface area contributed by atoms with E-state index in [9.17, 15) is 0 Å². The van der Waals surface area contributed by atoms with Gasteiger partial charge in [0.1, 0.15) is 16.7 Å². The summed E-state index contributed by atoms with van der Waals surface area (Å²) in [5.74, 6) is 0. The van der Waals surface area contributed by atoms with Gasteiger partial charge in [-0.15, -0.1) is 0 Å². The molecule has 8 nitrogen and oxygen atoms in total. The fraction of sp³-hybridized carbons (Fsp3) is 0.100. The molecule has 0 bridgehead atoms. The summed E-state index contributed by atoms with van der Waals surface area (Å²) in [6.45, 7) is 0. The van der Waals surface area contributed by atoms with Crippen molar-refractivity contribution in [2.24, 2.45) is 14.1 Å². The summed E-state index contributed by atoms with van der Waals surface area (Å²) in [6.07, 6.45) is 10.6. The van der Waals surface area contributed by atoms with Crippen LogP contribution in [0, 0.1) is 0 Å². The van der Waals surface area contributed by atoms with Gasteiger partial charge >= 0.3 is 0 Å². The molecule has 0 spiro atoms. The van der Waals surface area contributed by atoms with Crippen molar-refractivity contribution >= 4 is 44.1 Å². The number of pyridine rings is 2. The molecule has 6 aromatic rings. The van der Waals surface area contributed by atoms with Crippen molar-refractivity contribution < 1.29 is 0 Å². The molecule has 8 heteroatoms. The van der Waals surface area contributed by atoms with Crippen molar-refractivity contribution in [2.45, 2.75) is 0 Å². The molecule has 6 rings (SSSR count). The van der Waals surface area contributed by atoms with Crippen molar-refractivity contribution in [2.75, 3.05) is 0 Å². The highest BCUT2D eigenvalue weighted by Crippen LogP contribution is 2.29. The lowest BCUT2D eigenvalue weighted by Gasteiger charge is -2.03. The summed E-state index contributed by atoms with van der Waals surface area (Å²) in [7, 11) is 3.96. The van der Waals surface area contributed by atoms with Crippen molar-refractivity contribution in [3.8, 4) is 11.4 Å². The van der Waals surface area contributed by atoms with Crippen LogP contribution >= 0.6 is 0 Å². The second-order valence-electron chi connectivity index (χ2n) is 6.75. The zero-order valence-electron chi connectivity index (χ0n) is 15.2. The number of nitrogens with zero attached hydrogens (tertiary/aromatic N) is 8. The van der Waals surface area contributed by atoms with E-state index in [2.05, 4.69) is 24.9 Å². The van der Waals surface area contributed by atoms with Crippen LogP contribution in [-0.2, 0) is 14.1 Å².